The Balaban J connectivity index is 1.94. The van der Waals surface area contributed by atoms with Crippen LogP contribution in [0.4, 0.5) is 4.39 Å². The molecule has 2 aliphatic rings. The zero-order valence-corrected chi connectivity index (χ0v) is 15.5. The van der Waals surface area contributed by atoms with Crippen molar-refractivity contribution in [3.63, 3.8) is 0 Å². The molecule has 1 saturated carbocycles. The number of hydrogen-bond donors (Lipinski definition) is 0. The number of halogens is 1. The van der Waals surface area contributed by atoms with Gasteiger partial charge in [-0.05, 0) is 73.9 Å². The van der Waals surface area contributed by atoms with E-state index in [-0.39, 0.29) is 5.82 Å². The second-order valence-electron chi connectivity index (χ2n) is 7.03. The second-order valence-corrected chi connectivity index (χ2v) is 7.91. The molecule has 0 aromatic heterocycles. The molecule has 1 aliphatic heterocycles. The number of benzene rings is 2. The molecule has 1 fully saturated rings. The van der Waals surface area contributed by atoms with E-state index in [9.17, 15) is 4.39 Å². The first kappa shape index (κ1) is 16.5. The molecule has 2 aromatic rings. The lowest BCUT2D eigenvalue weighted by molar-refractivity contribution is 0.110. The summed E-state index contributed by atoms with van der Waals surface area (Å²) in [6.07, 6.45) is 4.26. The summed E-state index contributed by atoms with van der Waals surface area (Å²) in [6, 6.07) is 15.4. The molecule has 1 nitrogen and oxygen atoms in total. The summed E-state index contributed by atoms with van der Waals surface area (Å²) in [5.74, 6) is 0.787. The summed E-state index contributed by atoms with van der Waals surface area (Å²) in [5, 5.41) is 0. The highest BCUT2D eigenvalue weighted by Gasteiger charge is 2.41. The monoisotopic (exact) mass is 352 g/mol. The normalized spacial score (nSPS) is 18.6. The molecule has 0 radical (unpaired) electrons. The Morgan fingerprint density at radius 2 is 1.52 bits per heavy atom. The Morgan fingerprint density at radius 3 is 2.08 bits per heavy atom. The average Bonchev–Trinajstić information content (AvgIpc) is 3.40. The highest BCUT2D eigenvalue weighted by atomic mass is 32.2. The smallest absolute Gasteiger partial charge is 0.130 e. The maximum atomic E-state index is 13.4. The van der Waals surface area contributed by atoms with Crippen LogP contribution in [0.3, 0.4) is 0 Å². The van der Waals surface area contributed by atoms with Crippen LogP contribution in [0, 0.1) is 5.82 Å². The van der Waals surface area contributed by atoms with Gasteiger partial charge in [0, 0.05) is 16.0 Å². The summed E-state index contributed by atoms with van der Waals surface area (Å²) in [5.41, 5.74) is 5.44. The summed E-state index contributed by atoms with van der Waals surface area (Å²) in [6.45, 7) is 4.23. The molecule has 3 heteroatoms. The zero-order chi connectivity index (χ0) is 17.6. The molecular weight excluding hydrogens is 331 g/mol. The van der Waals surface area contributed by atoms with Crippen LogP contribution in [0.2, 0.25) is 0 Å². The molecule has 25 heavy (non-hydrogen) atoms. The van der Waals surface area contributed by atoms with E-state index in [0.717, 1.165) is 29.7 Å². The molecule has 1 aliphatic carbocycles. The SMILES string of the molecule is CSc1ccc(C2=C(c3ccc(F)cc3)C(=C3CC3)OC2(C)C)cc1. The number of ether oxygens (including phenoxy) is 1. The van der Waals surface area contributed by atoms with E-state index in [1.807, 2.05) is 12.1 Å². The van der Waals surface area contributed by atoms with Gasteiger partial charge in [-0.3, -0.25) is 0 Å². The average molecular weight is 352 g/mol. The van der Waals surface area contributed by atoms with Crippen molar-refractivity contribution >= 4 is 22.9 Å². The lowest BCUT2D eigenvalue weighted by atomic mass is 9.86. The van der Waals surface area contributed by atoms with E-state index in [4.69, 9.17) is 4.74 Å². The number of rotatable bonds is 3. The topological polar surface area (TPSA) is 9.23 Å². The highest BCUT2D eigenvalue weighted by Crippen LogP contribution is 2.52. The lowest BCUT2D eigenvalue weighted by Crippen LogP contribution is -2.20. The van der Waals surface area contributed by atoms with Crippen molar-refractivity contribution < 1.29 is 9.13 Å². The fourth-order valence-corrected chi connectivity index (χ4v) is 3.86. The van der Waals surface area contributed by atoms with Crippen molar-refractivity contribution in [1.82, 2.24) is 0 Å². The first-order valence-corrected chi connectivity index (χ1v) is 9.78. The van der Waals surface area contributed by atoms with Crippen LogP contribution < -0.4 is 0 Å². The van der Waals surface area contributed by atoms with Gasteiger partial charge in [0.1, 0.15) is 17.2 Å². The second kappa shape index (κ2) is 6.06. The highest BCUT2D eigenvalue weighted by molar-refractivity contribution is 7.98. The molecule has 0 spiro atoms. The molecule has 2 aromatic carbocycles. The molecule has 4 rings (SSSR count). The molecule has 0 unspecified atom stereocenters. The summed E-state index contributed by atoms with van der Waals surface area (Å²) >= 11 is 1.74. The fourth-order valence-electron chi connectivity index (χ4n) is 3.45. The van der Waals surface area contributed by atoms with Gasteiger partial charge < -0.3 is 4.74 Å². The predicted octanol–water partition coefficient (Wildman–Crippen LogP) is 6.32. The first-order valence-electron chi connectivity index (χ1n) is 8.56. The van der Waals surface area contributed by atoms with Gasteiger partial charge in [-0.25, -0.2) is 4.39 Å². The minimum atomic E-state index is -0.407. The molecule has 0 N–H and O–H groups in total. The van der Waals surface area contributed by atoms with E-state index < -0.39 is 5.60 Å². The lowest BCUT2D eigenvalue weighted by Gasteiger charge is -2.23. The predicted molar refractivity (Wildman–Crippen MR) is 103 cm³/mol. The minimum Gasteiger partial charge on any atom is -0.483 e. The third-order valence-corrected chi connectivity index (χ3v) is 5.51. The van der Waals surface area contributed by atoms with Crippen molar-refractivity contribution in [3.8, 4) is 0 Å². The number of hydrogen-bond acceptors (Lipinski definition) is 2. The van der Waals surface area contributed by atoms with Gasteiger partial charge in [0.2, 0.25) is 0 Å². The van der Waals surface area contributed by atoms with E-state index in [2.05, 4.69) is 44.4 Å². The van der Waals surface area contributed by atoms with Crippen LogP contribution >= 0.6 is 11.8 Å². The first-order chi connectivity index (χ1) is 12.0. The van der Waals surface area contributed by atoms with Crippen LogP contribution in [-0.2, 0) is 4.74 Å². The fraction of sp³-hybridized carbons (Fsp3) is 0.273. The minimum absolute atomic E-state index is 0.214. The third kappa shape index (κ3) is 3.02. The Labute approximate surface area is 152 Å². The maximum absolute atomic E-state index is 13.4. The van der Waals surface area contributed by atoms with Crippen molar-refractivity contribution in [2.24, 2.45) is 0 Å². The Hall–Kier alpha value is -2.00. The van der Waals surface area contributed by atoms with Crippen LogP contribution in [0.1, 0.15) is 37.8 Å². The van der Waals surface area contributed by atoms with Gasteiger partial charge in [0.15, 0.2) is 0 Å². The molecule has 0 bridgehead atoms. The van der Waals surface area contributed by atoms with Gasteiger partial charge in [-0.2, -0.15) is 0 Å². The largest absolute Gasteiger partial charge is 0.483 e. The Morgan fingerprint density at radius 1 is 0.920 bits per heavy atom. The zero-order valence-electron chi connectivity index (χ0n) is 14.7. The molecule has 0 saturated heterocycles. The van der Waals surface area contributed by atoms with E-state index in [1.54, 1.807) is 11.8 Å². The van der Waals surface area contributed by atoms with Crippen LogP contribution in [0.5, 0.6) is 0 Å². The van der Waals surface area contributed by atoms with Gasteiger partial charge in [-0.1, -0.05) is 24.3 Å². The van der Waals surface area contributed by atoms with Gasteiger partial charge in [0.25, 0.3) is 0 Å². The molecular formula is C22H21FOS. The third-order valence-electron chi connectivity index (χ3n) is 4.77. The van der Waals surface area contributed by atoms with Gasteiger partial charge in [-0.15, -0.1) is 11.8 Å². The standard InChI is InChI=1S/C22H21FOS/c1-22(2)20(15-8-12-18(25-3)13-9-15)19(21(24-22)16-4-5-16)14-6-10-17(23)11-7-14/h6-13H,4-5H2,1-3H3. The summed E-state index contributed by atoms with van der Waals surface area (Å²) in [4.78, 5) is 1.24. The van der Waals surface area contributed by atoms with Crippen LogP contribution in [-0.4, -0.2) is 11.9 Å². The van der Waals surface area contributed by atoms with Crippen LogP contribution in [0.25, 0.3) is 11.1 Å². The number of thioether (sulfide) groups is 1. The van der Waals surface area contributed by atoms with Crippen LogP contribution in [0.15, 0.2) is 64.8 Å². The molecule has 0 atom stereocenters. The van der Waals surface area contributed by atoms with Crippen molar-refractivity contribution in [2.75, 3.05) is 6.26 Å². The van der Waals surface area contributed by atoms with Gasteiger partial charge >= 0.3 is 0 Å². The maximum Gasteiger partial charge on any atom is 0.130 e. The Bertz CT molecular complexity index is 867. The quantitative estimate of drug-likeness (QED) is 0.598. The summed E-state index contributed by atoms with van der Waals surface area (Å²) < 4.78 is 19.8. The van der Waals surface area contributed by atoms with Crippen molar-refractivity contribution in [1.29, 1.82) is 0 Å². The van der Waals surface area contributed by atoms with Crippen molar-refractivity contribution in [3.05, 3.63) is 76.8 Å². The number of allylic oxidation sites excluding steroid dienone is 2. The van der Waals surface area contributed by atoms with E-state index in [1.165, 1.54) is 33.7 Å². The van der Waals surface area contributed by atoms with Gasteiger partial charge in [0.05, 0.1) is 0 Å². The molecule has 0 amide bonds. The van der Waals surface area contributed by atoms with Crippen molar-refractivity contribution in [2.45, 2.75) is 37.2 Å². The van der Waals surface area contributed by atoms with E-state index >= 15 is 0 Å². The van der Waals surface area contributed by atoms with E-state index in [0.29, 0.717) is 0 Å². The molecule has 128 valence electrons. The Kier molecular flexibility index (Phi) is 3.99. The summed E-state index contributed by atoms with van der Waals surface area (Å²) in [7, 11) is 0. The molecule has 1 heterocycles.